The van der Waals surface area contributed by atoms with Crippen molar-refractivity contribution in [2.45, 2.75) is 19.4 Å². The van der Waals surface area contributed by atoms with Crippen LogP contribution in [0.1, 0.15) is 23.8 Å². The van der Waals surface area contributed by atoms with Crippen LogP contribution in [0.2, 0.25) is 0 Å². The molecule has 3 amide bonds. The molecule has 2 unspecified atom stereocenters. The second-order valence-electron chi connectivity index (χ2n) is 10.7. The molecule has 2 atom stereocenters. The Balaban J connectivity index is 0.995. The maximum Gasteiger partial charge on any atom is 0.414 e. The van der Waals surface area contributed by atoms with E-state index in [9.17, 15) is 14.4 Å². The number of carbonyl (C=O) groups is 3. The Morgan fingerprint density at radius 1 is 1.19 bits per heavy atom. The van der Waals surface area contributed by atoms with Gasteiger partial charge in [-0.05, 0) is 30.5 Å². The van der Waals surface area contributed by atoms with Gasteiger partial charge in [-0.3, -0.25) is 24.5 Å². The lowest BCUT2D eigenvalue weighted by Gasteiger charge is -2.36. The predicted octanol–water partition coefficient (Wildman–Crippen LogP) is 2.11. The number of amides is 3. The predicted molar refractivity (Wildman–Crippen MR) is 156 cm³/mol. The third-order valence-electron chi connectivity index (χ3n) is 7.67. The number of cyclic esters (lactones) is 1. The SMILES string of the molecule is CC1C=CN(CC2CN(c3ccc(N4CCN(C(=O)CNC(=O)c5cn6ccncc6n5)CC4)c(F)c3)C(=O)O2)N=CC1. The van der Waals surface area contributed by atoms with E-state index in [0.717, 1.165) is 6.42 Å². The highest BCUT2D eigenvalue weighted by molar-refractivity contribution is 5.95. The summed E-state index contributed by atoms with van der Waals surface area (Å²) < 4.78 is 22.5. The number of nitrogens with one attached hydrogen (secondary N) is 1. The summed E-state index contributed by atoms with van der Waals surface area (Å²) >= 11 is 0. The first-order valence-corrected chi connectivity index (χ1v) is 14.2. The number of imidazole rings is 1. The molecule has 0 radical (unpaired) electrons. The number of nitrogens with zero attached hydrogens (tertiary/aromatic N) is 8. The van der Waals surface area contributed by atoms with Gasteiger partial charge in [0.2, 0.25) is 5.91 Å². The molecule has 0 saturated carbocycles. The fourth-order valence-corrected chi connectivity index (χ4v) is 5.25. The molecule has 2 aromatic heterocycles. The number of rotatable bonds is 7. The van der Waals surface area contributed by atoms with Crippen LogP contribution in [0.25, 0.3) is 5.65 Å². The van der Waals surface area contributed by atoms with Crippen LogP contribution in [0.5, 0.6) is 0 Å². The van der Waals surface area contributed by atoms with Crippen molar-refractivity contribution >= 4 is 41.1 Å². The van der Waals surface area contributed by atoms with Gasteiger partial charge >= 0.3 is 6.09 Å². The summed E-state index contributed by atoms with van der Waals surface area (Å²) in [6.45, 7) is 4.24. The first-order valence-electron chi connectivity index (χ1n) is 14.2. The molecule has 3 aromatic rings. The van der Waals surface area contributed by atoms with Crippen molar-refractivity contribution in [3.8, 4) is 0 Å². The summed E-state index contributed by atoms with van der Waals surface area (Å²) in [5.41, 5.74) is 1.54. The van der Waals surface area contributed by atoms with E-state index in [4.69, 9.17) is 4.74 Å². The lowest BCUT2D eigenvalue weighted by Crippen LogP contribution is -2.51. The standard InChI is InChI=1S/C29H32FN9O4/c1-20-4-6-33-38(8-5-20)17-22-18-39(29(42)43-22)21-2-3-25(23(30)14-21)35-10-12-36(13-11-35)27(40)16-32-28(41)24-19-37-9-7-31-15-26(37)34-24/h2-3,5-9,14-15,19-20,22H,4,10-13,16-18H2,1H3,(H,32,41). The van der Waals surface area contributed by atoms with Crippen molar-refractivity contribution in [2.75, 3.05) is 55.6 Å². The number of hydrogen-bond donors (Lipinski definition) is 1. The zero-order valence-electron chi connectivity index (χ0n) is 23.7. The number of hydrogen-bond acceptors (Lipinski definition) is 9. The van der Waals surface area contributed by atoms with Crippen molar-refractivity contribution in [2.24, 2.45) is 11.0 Å². The van der Waals surface area contributed by atoms with Crippen LogP contribution in [0.3, 0.4) is 0 Å². The second-order valence-corrected chi connectivity index (χ2v) is 10.7. The minimum absolute atomic E-state index is 0.166. The fourth-order valence-electron chi connectivity index (χ4n) is 5.25. The van der Waals surface area contributed by atoms with Gasteiger partial charge in [0.25, 0.3) is 5.91 Å². The molecule has 43 heavy (non-hydrogen) atoms. The maximum absolute atomic E-state index is 15.3. The molecule has 1 aromatic carbocycles. The Hall–Kier alpha value is -5.01. The summed E-state index contributed by atoms with van der Waals surface area (Å²) in [6.07, 6.45) is 12.1. The van der Waals surface area contributed by atoms with Gasteiger partial charge in [-0.2, -0.15) is 5.10 Å². The third-order valence-corrected chi connectivity index (χ3v) is 7.67. The molecular formula is C29H32FN9O4. The first kappa shape index (κ1) is 28.1. The van der Waals surface area contributed by atoms with E-state index in [1.54, 1.807) is 51.2 Å². The molecule has 13 nitrogen and oxygen atoms in total. The highest BCUT2D eigenvalue weighted by atomic mass is 19.1. The topological polar surface area (TPSA) is 128 Å². The molecule has 1 N–H and O–H groups in total. The van der Waals surface area contributed by atoms with Crippen molar-refractivity contribution in [3.05, 3.63) is 66.8 Å². The number of fused-ring (bicyclic) bond motifs is 1. The van der Waals surface area contributed by atoms with Crippen LogP contribution in [0.15, 0.2) is 60.4 Å². The summed E-state index contributed by atoms with van der Waals surface area (Å²) in [6, 6.07) is 4.69. The monoisotopic (exact) mass is 589 g/mol. The molecule has 2 saturated heterocycles. The molecule has 3 aliphatic heterocycles. The third kappa shape index (κ3) is 6.27. The van der Waals surface area contributed by atoms with Crippen molar-refractivity contribution in [1.29, 1.82) is 0 Å². The van der Waals surface area contributed by atoms with E-state index in [1.807, 2.05) is 17.3 Å². The lowest BCUT2D eigenvalue weighted by atomic mass is 10.1. The van der Waals surface area contributed by atoms with Gasteiger partial charge < -0.3 is 24.3 Å². The van der Waals surface area contributed by atoms with E-state index in [-0.39, 0.29) is 18.1 Å². The Morgan fingerprint density at radius 2 is 2.02 bits per heavy atom. The van der Waals surface area contributed by atoms with Crippen LogP contribution in [-0.2, 0) is 9.53 Å². The van der Waals surface area contributed by atoms with Gasteiger partial charge in [0.1, 0.15) is 17.6 Å². The van der Waals surface area contributed by atoms with Crippen molar-refractivity contribution in [1.82, 2.24) is 29.6 Å². The quantitative estimate of drug-likeness (QED) is 0.444. The molecule has 0 bridgehead atoms. The van der Waals surface area contributed by atoms with Gasteiger partial charge in [0.05, 0.1) is 37.2 Å². The zero-order chi connectivity index (χ0) is 29.9. The van der Waals surface area contributed by atoms with Crippen LogP contribution >= 0.6 is 0 Å². The number of carbonyl (C=O) groups excluding carboxylic acids is 3. The number of piperazine rings is 1. The van der Waals surface area contributed by atoms with Crippen molar-refractivity contribution in [3.63, 3.8) is 0 Å². The minimum Gasteiger partial charge on any atom is -0.442 e. The molecule has 14 heteroatoms. The van der Waals surface area contributed by atoms with E-state index >= 15 is 4.39 Å². The average molecular weight is 590 g/mol. The summed E-state index contributed by atoms with van der Waals surface area (Å²) in [5.74, 6) is -0.750. The van der Waals surface area contributed by atoms with Gasteiger partial charge in [0.15, 0.2) is 5.65 Å². The van der Waals surface area contributed by atoms with Crippen molar-refractivity contribution < 1.29 is 23.5 Å². The molecule has 3 aliphatic rings. The fraction of sp³-hybridized carbons (Fsp3) is 0.379. The number of aromatic nitrogens is 3. The average Bonchev–Trinajstić information content (AvgIpc) is 3.55. The van der Waals surface area contributed by atoms with Gasteiger partial charge in [-0.15, -0.1) is 0 Å². The summed E-state index contributed by atoms with van der Waals surface area (Å²) in [4.78, 5) is 50.9. The number of hydrazone groups is 1. The van der Waals surface area contributed by atoms with Crippen LogP contribution in [0, 0.1) is 11.7 Å². The molecule has 224 valence electrons. The molecule has 6 rings (SSSR count). The lowest BCUT2D eigenvalue weighted by molar-refractivity contribution is -0.130. The number of allylic oxidation sites excluding steroid dienone is 1. The van der Waals surface area contributed by atoms with E-state index in [0.29, 0.717) is 62.2 Å². The van der Waals surface area contributed by atoms with Crippen LogP contribution in [-0.4, -0.2) is 100 Å². The van der Waals surface area contributed by atoms with E-state index in [1.165, 1.54) is 11.0 Å². The Kier molecular flexibility index (Phi) is 7.90. The number of ether oxygens (including phenoxy) is 1. The maximum atomic E-state index is 15.3. The Morgan fingerprint density at radius 3 is 2.81 bits per heavy atom. The van der Waals surface area contributed by atoms with Crippen LogP contribution in [0.4, 0.5) is 20.6 Å². The zero-order valence-corrected chi connectivity index (χ0v) is 23.7. The Labute approximate surface area is 247 Å². The highest BCUT2D eigenvalue weighted by Crippen LogP contribution is 2.29. The summed E-state index contributed by atoms with van der Waals surface area (Å²) in [7, 11) is 0. The highest BCUT2D eigenvalue weighted by Gasteiger charge is 2.34. The molecule has 0 spiro atoms. The second kappa shape index (κ2) is 12.1. The van der Waals surface area contributed by atoms with Gasteiger partial charge in [0, 0.05) is 57.2 Å². The van der Waals surface area contributed by atoms with E-state index < -0.39 is 23.9 Å². The van der Waals surface area contributed by atoms with Gasteiger partial charge in [-0.25, -0.2) is 14.2 Å². The Bertz CT molecular complexity index is 1550. The van der Waals surface area contributed by atoms with Crippen LogP contribution < -0.4 is 15.1 Å². The molecule has 2 fully saturated rings. The number of halogens is 1. The van der Waals surface area contributed by atoms with E-state index in [2.05, 4.69) is 33.4 Å². The molecule has 0 aliphatic carbocycles. The largest absolute Gasteiger partial charge is 0.442 e. The number of benzene rings is 1. The minimum atomic E-state index is -0.522. The van der Waals surface area contributed by atoms with Gasteiger partial charge in [-0.1, -0.05) is 13.0 Å². The smallest absolute Gasteiger partial charge is 0.414 e. The normalized spacial score (nSPS) is 20.5. The first-order chi connectivity index (χ1) is 20.8. The molecular weight excluding hydrogens is 557 g/mol. The summed E-state index contributed by atoms with van der Waals surface area (Å²) in [5, 5.41) is 8.77. The molecule has 5 heterocycles. The number of anilines is 2.